The van der Waals surface area contributed by atoms with Crippen molar-refractivity contribution in [2.75, 3.05) is 68.8 Å². The van der Waals surface area contributed by atoms with Crippen LogP contribution in [0.2, 0.25) is 0 Å². The Morgan fingerprint density at radius 1 is 0.495 bits per heavy atom. The lowest BCUT2D eigenvalue weighted by atomic mass is 9.33. The Hall–Kier alpha value is -4.10. The number of hydrogen-bond donors (Lipinski definition) is 2. The smallest absolute Gasteiger partial charge is 0.325 e. The highest BCUT2D eigenvalue weighted by atomic mass is 32.2. The highest BCUT2D eigenvalue weighted by Crippen LogP contribution is 2.79. The third-order valence-electron chi connectivity index (χ3n) is 32.4. The molecule has 10 aliphatic carbocycles. The van der Waals surface area contributed by atoms with Gasteiger partial charge in [0.25, 0.3) is 0 Å². The van der Waals surface area contributed by atoms with Crippen LogP contribution in [0.3, 0.4) is 0 Å². The van der Waals surface area contributed by atoms with Crippen LogP contribution in [-0.4, -0.2) is 119 Å². The van der Waals surface area contributed by atoms with E-state index in [2.05, 4.69) is 193 Å². The highest BCUT2D eigenvalue weighted by molar-refractivity contribution is 7.91. The molecule has 2 aromatic rings. The third kappa shape index (κ3) is 14.2. The summed E-state index contributed by atoms with van der Waals surface area (Å²) in [7, 11) is -5.52. The van der Waals surface area contributed by atoms with Crippen molar-refractivity contribution in [1.82, 2.24) is 15.1 Å². The van der Waals surface area contributed by atoms with E-state index in [4.69, 9.17) is 24.9 Å². The van der Waals surface area contributed by atoms with Crippen LogP contribution in [0.4, 0.5) is 0 Å². The van der Waals surface area contributed by atoms with E-state index in [9.17, 15) is 16.8 Å². The molecule has 0 unspecified atom stereocenters. The molecule has 12 nitrogen and oxygen atoms in total. The van der Waals surface area contributed by atoms with E-state index in [1.165, 1.54) is 149 Å². The second-order valence-electron chi connectivity index (χ2n) is 37.7. The second kappa shape index (κ2) is 29.6. The van der Waals surface area contributed by atoms with Crippen LogP contribution in [0.15, 0.2) is 85.0 Å². The van der Waals surface area contributed by atoms with Gasteiger partial charge in [0.2, 0.25) is 0 Å². The van der Waals surface area contributed by atoms with Crippen LogP contribution in [0.5, 0.6) is 0 Å². The molecular weight excluding hydrogens is 1290 g/mol. The maximum Gasteiger partial charge on any atom is 0.373 e. The number of nitrogens with two attached hydrogens (primary N) is 1. The highest BCUT2D eigenvalue weighted by Gasteiger charge is 2.72. The quantitative estimate of drug-likeness (QED) is 0.215. The summed E-state index contributed by atoms with van der Waals surface area (Å²) in [5.41, 5.74) is 21.6. The molecule has 14 heteroatoms. The van der Waals surface area contributed by atoms with Crippen LogP contribution in [0.25, 0.3) is 11.1 Å². The number of nitrogens with one attached hydrogen (secondary N) is 1. The molecule has 10 fully saturated rings. The maximum atomic E-state index is 12.0. The van der Waals surface area contributed by atoms with E-state index in [1.807, 2.05) is 0 Å². The SMILES string of the molecule is C=C(C)[C@@H]1CC[C@]2(N)CC[C@]3(C)[C@H](CC[C@@H]4[C@@]5(C)CC=C(c6ccc(C)cc6)C(C)(C)[C@@H]5CC[C@]43C)[C@@H]12.C=C(C)[C@@H]1CC[C@]2(NCCN3CCS(=O)(=O)CC3)CC[C@]3(C)[C@H](CC[C@@H]4[C@@]5(C)CC=C(c6ccc(C)cc6)C(C)(C)[C@@H]5CC[C@]43C)[C@@H]12.CCCN1CCS(=O)(=O)CC1.O=C=O.O=C=O. The normalized spacial score (nSPS) is 41.0. The van der Waals surface area contributed by atoms with Crippen molar-refractivity contribution in [2.24, 2.45) is 108 Å². The first-order valence-corrected chi connectivity index (χ1v) is 43.2. The van der Waals surface area contributed by atoms with E-state index >= 15 is 0 Å². The molecule has 2 aromatic carbocycles. The molecule has 2 saturated heterocycles. The molecule has 0 bridgehead atoms. The molecule has 0 aromatic heterocycles. The van der Waals surface area contributed by atoms with Gasteiger partial charge in [0.05, 0.1) is 23.0 Å². The standard InChI is InChI=1S/C42H64N2O2S.C36H53N.C7H15NO2S.2CO2/c1-29(2)32-15-20-42(43-23-24-44-25-27-47(45,46)28-26-44)22-21-40(7)34(37(32)42)13-14-36-39(6)18-16-33(31-11-9-30(3)10-12-31)38(4,5)35(39)17-19-41(36,40)8;1-23(2)26-15-20-36(37)22-21-34(7)28(31(26)36)13-14-30-33(6)18-16-27(25-11-9-24(3)10-12-25)32(4,5)29(33)17-19-35(30,34)8;1-2-3-8-4-6-11(9,10)7-5-8;2*2-1-3/h9-12,16,32,34-37,43H,1,13-15,17-28H2,2-8H3;9-12,16,26,28-31H,1,13-15,17-22,37H2,2-8H3;2-7H2,1H3;;/t32-,34+,35-,36+,37+,39-,40+,41+,42-;26-,28+,29-,30+,31+,33-,34+,35+,36-;;;/m00.../s1. The number of benzene rings is 2. The number of hydrogen-bond acceptors (Lipinski definition) is 12. The van der Waals surface area contributed by atoms with Crippen LogP contribution < -0.4 is 11.1 Å². The number of fused-ring (bicyclic) bond motifs is 14. The minimum Gasteiger partial charge on any atom is -0.325 e. The largest absolute Gasteiger partial charge is 0.373 e. The van der Waals surface area contributed by atoms with E-state index in [1.54, 1.807) is 11.1 Å². The fraction of sp³-hybridized carbons (Fsp3) is 0.747. The average molecular weight is 1430 g/mol. The Morgan fingerprint density at radius 2 is 0.881 bits per heavy atom. The van der Waals surface area contributed by atoms with Gasteiger partial charge in [0.1, 0.15) is 0 Å². The molecule has 2 heterocycles. The van der Waals surface area contributed by atoms with Crippen LogP contribution in [0, 0.1) is 116 Å². The fourth-order valence-corrected chi connectivity index (χ4v) is 29.6. The Balaban J connectivity index is 0.000000180. The van der Waals surface area contributed by atoms with Gasteiger partial charge in [-0.15, -0.1) is 0 Å². The van der Waals surface area contributed by atoms with Gasteiger partial charge in [0, 0.05) is 50.3 Å². The van der Waals surface area contributed by atoms with E-state index in [0.29, 0.717) is 98.2 Å². The molecule has 3 N–H and O–H groups in total. The van der Waals surface area contributed by atoms with Gasteiger partial charge in [0.15, 0.2) is 19.7 Å². The molecule has 8 saturated carbocycles. The minimum absolute atomic E-state index is 0.0522. The molecule has 101 heavy (non-hydrogen) atoms. The Morgan fingerprint density at radius 3 is 1.30 bits per heavy atom. The van der Waals surface area contributed by atoms with Crippen molar-refractivity contribution in [1.29, 1.82) is 0 Å². The average Bonchev–Trinajstić information content (AvgIpc) is 1.63. The zero-order valence-electron chi connectivity index (χ0n) is 65.2. The number of aryl methyl sites for hydroxylation is 2. The number of rotatable bonds is 10. The lowest BCUT2D eigenvalue weighted by Crippen LogP contribution is -2.68. The summed E-state index contributed by atoms with van der Waals surface area (Å²) in [6.45, 7) is 52.6. The van der Waals surface area contributed by atoms with E-state index in [0.717, 1.165) is 68.7 Å². The lowest BCUT2D eigenvalue weighted by molar-refractivity contribution is -0.219. The Bertz CT molecular complexity index is 3680. The van der Waals surface area contributed by atoms with Gasteiger partial charge >= 0.3 is 12.3 Å². The monoisotopic (exact) mass is 1420 g/mol. The molecule has 0 radical (unpaired) electrons. The molecule has 0 spiro atoms. The molecule has 560 valence electrons. The van der Waals surface area contributed by atoms with Crippen molar-refractivity contribution in [3.05, 3.63) is 107 Å². The first kappa shape index (κ1) is 79.5. The summed E-state index contributed by atoms with van der Waals surface area (Å²) in [5, 5.41) is 4.23. The summed E-state index contributed by atoms with van der Waals surface area (Å²) >= 11 is 0. The van der Waals surface area contributed by atoms with Crippen molar-refractivity contribution in [3.63, 3.8) is 0 Å². The first-order chi connectivity index (χ1) is 47.3. The van der Waals surface area contributed by atoms with Crippen molar-refractivity contribution in [2.45, 2.75) is 237 Å². The van der Waals surface area contributed by atoms with E-state index < -0.39 is 19.7 Å². The third-order valence-corrected chi connectivity index (χ3v) is 35.6. The fourth-order valence-electron chi connectivity index (χ4n) is 27.1. The first-order valence-electron chi connectivity index (χ1n) is 39.6. The Kier molecular flexibility index (Phi) is 23.3. The van der Waals surface area contributed by atoms with Gasteiger partial charge in [-0.25, -0.2) is 16.8 Å². The number of carbonyl (C=O) groups excluding carboxylic acids is 4. The van der Waals surface area contributed by atoms with Gasteiger partial charge in [-0.3, -0.25) is 0 Å². The van der Waals surface area contributed by atoms with Crippen molar-refractivity contribution < 1.29 is 36.0 Å². The van der Waals surface area contributed by atoms with Gasteiger partial charge in [-0.2, -0.15) is 19.2 Å². The van der Waals surface area contributed by atoms with Crippen LogP contribution >= 0.6 is 0 Å². The van der Waals surface area contributed by atoms with Gasteiger partial charge < -0.3 is 20.9 Å². The van der Waals surface area contributed by atoms with Gasteiger partial charge in [-0.1, -0.05) is 172 Å². The number of allylic oxidation sites excluding steroid dienone is 6. The Labute approximate surface area is 611 Å². The van der Waals surface area contributed by atoms with Gasteiger partial charge in [-0.05, 0) is 281 Å². The van der Waals surface area contributed by atoms with Crippen molar-refractivity contribution >= 4 is 43.1 Å². The molecular formula is C87H132N4O8S2. The number of sulfone groups is 2. The topological polar surface area (TPSA) is 181 Å². The second-order valence-corrected chi connectivity index (χ2v) is 42.3. The molecule has 18 atom stereocenters. The summed E-state index contributed by atoms with van der Waals surface area (Å²) in [5.74, 6) is 8.36. The maximum absolute atomic E-state index is 12.0. The molecule has 14 rings (SSSR count). The van der Waals surface area contributed by atoms with E-state index in [-0.39, 0.29) is 34.2 Å². The molecule has 12 aliphatic rings. The number of nitrogens with zero attached hydrogens (tertiary/aromatic N) is 2. The zero-order chi connectivity index (χ0) is 74.0. The predicted molar refractivity (Wildman–Crippen MR) is 410 cm³/mol. The summed E-state index contributed by atoms with van der Waals surface area (Å²) in [4.78, 5) is 37.1. The van der Waals surface area contributed by atoms with Crippen LogP contribution in [-0.2, 0) is 38.9 Å². The zero-order valence-corrected chi connectivity index (χ0v) is 66.9. The molecule has 0 amide bonds. The van der Waals surface area contributed by atoms with Crippen molar-refractivity contribution in [3.8, 4) is 0 Å². The predicted octanol–water partition coefficient (Wildman–Crippen LogP) is 17.0. The summed E-state index contributed by atoms with van der Waals surface area (Å²) in [6, 6.07) is 18.6. The minimum atomic E-state index is -2.84. The summed E-state index contributed by atoms with van der Waals surface area (Å²) in [6.07, 6.45) is 30.5. The lowest BCUT2D eigenvalue weighted by Gasteiger charge is -2.72. The van der Waals surface area contributed by atoms with Crippen LogP contribution in [0.1, 0.15) is 234 Å². The summed E-state index contributed by atoms with van der Waals surface area (Å²) < 4.78 is 46.0. The molecule has 2 aliphatic heterocycles.